The van der Waals surface area contributed by atoms with E-state index < -0.39 is 0 Å². The maximum absolute atomic E-state index is 11.9. The summed E-state index contributed by atoms with van der Waals surface area (Å²) < 4.78 is 5.10. The second kappa shape index (κ2) is 7.75. The second-order valence-electron chi connectivity index (χ2n) is 4.87. The van der Waals surface area contributed by atoms with Crippen molar-refractivity contribution >= 4 is 17.7 Å². The molecule has 2 aromatic rings. The minimum atomic E-state index is -0.0761. The molecule has 1 amide bonds. The molecule has 2 rings (SSSR count). The van der Waals surface area contributed by atoms with Crippen molar-refractivity contribution in [2.45, 2.75) is 18.4 Å². The minimum absolute atomic E-state index is 0.0761. The molecule has 2 N–H and O–H groups in total. The van der Waals surface area contributed by atoms with E-state index in [1.807, 2.05) is 31.2 Å². The number of rotatable bonds is 6. The SMILES string of the molecule is COc1ccc(O)c(CNC(=O)CSc2ccc(C)cc2)c1. The van der Waals surface area contributed by atoms with Gasteiger partial charge < -0.3 is 15.2 Å². The van der Waals surface area contributed by atoms with E-state index in [9.17, 15) is 9.90 Å². The van der Waals surface area contributed by atoms with Crippen LogP contribution < -0.4 is 10.1 Å². The number of hydrogen-bond acceptors (Lipinski definition) is 4. The molecule has 22 heavy (non-hydrogen) atoms. The molecule has 0 bridgehead atoms. The highest BCUT2D eigenvalue weighted by molar-refractivity contribution is 8.00. The predicted molar refractivity (Wildman–Crippen MR) is 88.4 cm³/mol. The van der Waals surface area contributed by atoms with Crippen molar-refractivity contribution in [3.05, 3.63) is 53.6 Å². The number of aryl methyl sites for hydroxylation is 1. The smallest absolute Gasteiger partial charge is 0.230 e. The van der Waals surface area contributed by atoms with Crippen LogP contribution in [0.5, 0.6) is 11.5 Å². The average Bonchev–Trinajstić information content (AvgIpc) is 2.53. The van der Waals surface area contributed by atoms with Crippen LogP contribution in [-0.2, 0) is 11.3 Å². The van der Waals surface area contributed by atoms with Crippen molar-refractivity contribution in [2.75, 3.05) is 12.9 Å². The molecule has 5 heteroatoms. The Balaban J connectivity index is 1.84. The van der Waals surface area contributed by atoms with Crippen molar-refractivity contribution in [3.8, 4) is 11.5 Å². The molecule has 4 nitrogen and oxygen atoms in total. The third-order valence-electron chi connectivity index (χ3n) is 3.15. The van der Waals surface area contributed by atoms with Gasteiger partial charge in [-0.05, 0) is 37.3 Å². The topological polar surface area (TPSA) is 58.6 Å². The van der Waals surface area contributed by atoms with Gasteiger partial charge in [0, 0.05) is 17.0 Å². The van der Waals surface area contributed by atoms with Crippen molar-refractivity contribution in [3.63, 3.8) is 0 Å². The summed E-state index contributed by atoms with van der Waals surface area (Å²) in [6.45, 7) is 2.30. The van der Waals surface area contributed by atoms with Gasteiger partial charge >= 0.3 is 0 Å². The number of methoxy groups -OCH3 is 1. The first kappa shape index (κ1) is 16.2. The molecule has 0 heterocycles. The van der Waals surface area contributed by atoms with Gasteiger partial charge in [-0.1, -0.05) is 17.7 Å². The molecule has 0 saturated heterocycles. The summed E-state index contributed by atoms with van der Waals surface area (Å²) in [7, 11) is 1.56. The predicted octanol–water partition coefficient (Wildman–Crippen LogP) is 3.12. The molecule has 116 valence electrons. The third kappa shape index (κ3) is 4.70. The number of hydrogen-bond donors (Lipinski definition) is 2. The molecule has 0 radical (unpaired) electrons. The second-order valence-corrected chi connectivity index (χ2v) is 5.92. The lowest BCUT2D eigenvalue weighted by Crippen LogP contribution is -2.24. The summed E-state index contributed by atoms with van der Waals surface area (Å²) >= 11 is 1.48. The van der Waals surface area contributed by atoms with Crippen LogP contribution in [0.3, 0.4) is 0 Å². The lowest BCUT2D eigenvalue weighted by atomic mass is 10.2. The van der Waals surface area contributed by atoms with E-state index in [4.69, 9.17) is 4.74 Å². The van der Waals surface area contributed by atoms with Crippen molar-refractivity contribution in [2.24, 2.45) is 0 Å². The molecule has 0 fully saturated rings. The van der Waals surface area contributed by atoms with Gasteiger partial charge in [0.15, 0.2) is 0 Å². The highest BCUT2D eigenvalue weighted by atomic mass is 32.2. The summed E-state index contributed by atoms with van der Waals surface area (Å²) in [5, 5.41) is 12.6. The third-order valence-corrected chi connectivity index (χ3v) is 4.17. The molecule has 0 aliphatic heterocycles. The van der Waals surface area contributed by atoms with Crippen LogP contribution in [0.1, 0.15) is 11.1 Å². The molecule has 0 spiro atoms. The van der Waals surface area contributed by atoms with E-state index in [0.29, 0.717) is 17.1 Å². The highest BCUT2D eigenvalue weighted by Crippen LogP contribution is 2.23. The lowest BCUT2D eigenvalue weighted by molar-refractivity contribution is -0.118. The van der Waals surface area contributed by atoms with Gasteiger partial charge in [-0.15, -0.1) is 11.8 Å². The van der Waals surface area contributed by atoms with Crippen molar-refractivity contribution in [1.82, 2.24) is 5.32 Å². The van der Waals surface area contributed by atoms with Gasteiger partial charge in [0.1, 0.15) is 11.5 Å². The Bertz CT molecular complexity index is 641. The van der Waals surface area contributed by atoms with Crippen LogP contribution in [-0.4, -0.2) is 23.9 Å². The first-order valence-corrected chi connectivity index (χ1v) is 7.89. The molecule has 0 atom stereocenters. The Morgan fingerprint density at radius 1 is 1.23 bits per heavy atom. The quantitative estimate of drug-likeness (QED) is 0.804. The fourth-order valence-corrected chi connectivity index (χ4v) is 2.59. The number of carbonyl (C=O) groups is 1. The normalized spacial score (nSPS) is 10.3. The monoisotopic (exact) mass is 317 g/mol. The molecule has 0 saturated carbocycles. The number of benzene rings is 2. The van der Waals surface area contributed by atoms with Crippen LogP contribution in [0.4, 0.5) is 0 Å². The molecule has 0 aromatic heterocycles. The standard InChI is InChI=1S/C17H19NO3S/c1-12-3-6-15(7-4-12)22-11-17(20)18-10-13-9-14(21-2)5-8-16(13)19/h3-9,19H,10-11H2,1-2H3,(H,18,20). The Labute approximate surface area is 134 Å². The van der Waals surface area contributed by atoms with E-state index in [2.05, 4.69) is 5.32 Å². The maximum Gasteiger partial charge on any atom is 0.230 e. The van der Waals surface area contributed by atoms with Crippen LogP contribution in [0.25, 0.3) is 0 Å². The molecule has 0 aliphatic carbocycles. The highest BCUT2D eigenvalue weighted by Gasteiger charge is 2.07. The van der Waals surface area contributed by atoms with Crippen LogP contribution in [0.15, 0.2) is 47.4 Å². The Morgan fingerprint density at radius 2 is 1.95 bits per heavy atom. The zero-order valence-corrected chi connectivity index (χ0v) is 13.4. The Hall–Kier alpha value is -2.14. The van der Waals surface area contributed by atoms with E-state index >= 15 is 0 Å². The van der Waals surface area contributed by atoms with Gasteiger partial charge in [0.25, 0.3) is 0 Å². The van der Waals surface area contributed by atoms with Crippen molar-refractivity contribution < 1.29 is 14.6 Å². The number of phenols is 1. The molecular formula is C17H19NO3S. The number of carbonyl (C=O) groups excluding carboxylic acids is 1. The zero-order valence-electron chi connectivity index (χ0n) is 12.6. The van der Waals surface area contributed by atoms with Gasteiger partial charge in [-0.3, -0.25) is 4.79 Å². The van der Waals surface area contributed by atoms with Crippen LogP contribution in [0, 0.1) is 6.92 Å². The first-order valence-electron chi connectivity index (χ1n) is 6.90. The van der Waals surface area contributed by atoms with E-state index in [-0.39, 0.29) is 18.2 Å². The fourth-order valence-electron chi connectivity index (χ4n) is 1.86. The maximum atomic E-state index is 11.9. The summed E-state index contributed by atoms with van der Waals surface area (Å²) in [6, 6.07) is 13.0. The number of phenolic OH excluding ortho intramolecular Hbond substituents is 1. The van der Waals surface area contributed by atoms with Gasteiger partial charge in [-0.25, -0.2) is 0 Å². The fraction of sp³-hybridized carbons (Fsp3) is 0.235. The minimum Gasteiger partial charge on any atom is -0.508 e. The number of amides is 1. The molecule has 0 unspecified atom stereocenters. The van der Waals surface area contributed by atoms with Gasteiger partial charge in [0.2, 0.25) is 5.91 Å². The number of ether oxygens (including phenoxy) is 1. The summed E-state index contributed by atoms with van der Waals surface area (Å²) in [6.07, 6.45) is 0. The average molecular weight is 317 g/mol. The van der Waals surface area contributed by atoms with E-state index in [1.54, 1.807) is 25.3 Å². The molecule has 2 aromatic carbocycles. The number of aromatic hydroxyl groups is 1. The van der Waals surface area contributed by atoms with Crippen LogP contribution >= 0.6 is 11.8 Å². The summed E-state index contributed by atoms with van der Waals surface area (Å²) in [5.41, 5.74) is 1.83. The van der Waals surface area contributed by atoms with Gasteiger partial charge in [-0.2, -0.15) is 0 Å². The van der Waals surface area contributed by atoms with Crippen LogP contribution in [0.2, 0.25) is 0 Å². The Morgan fingerprint density at radius 3 is 2.64 bits per heavy atom. The van der Waals surface area contributed by atoms with E-state index in [0.717, 1.165) is 4.90 Å². The zero-order chi connectivity index (χ0) is 15.9. The summed E-state index contributed by atoms with van der Waals surface area (Å²) in [4.78, 5) is 12.9. The lowest BCUT2D eigenvalue weighted by Gasteiger charge is -2.09. The van der Waals surface area contributed by atoms with E-state index in [1.165, 1.54) is 17.3 Å². The van der Waals surface area contributed by atoms with Crippen molar-refractivity contribution in [1.29, 1.82) is 0 Å². The summed E-state index contributed by atoms with van der Waals surface area (Å²) in [5.74, 6) is 1.06. The molecule has 0 aliphatic rings. The molecular weight excluding hydrogens is 298 g/mol. The number of thioether (sulfide) groups is 1. The largest absolute Gasteiger partial charge is 0.508 e. The number of nitrogens with one attached hydrogen (secondary N) is 1. The Kier molecular flexibility index (Phi) is 5.72. The first-order chi connectivity index (χ1) is 10.6. The van der Waals surface area contributed by atoms with Gasteiger partial charge in [0.05, 0.1) is 12.9 Å².